The summed E-state index contributed by atoms with van der Waals surface area (Å²) in [5, 5.41) is 0. The number of hydrogen-bond donors (Lipinski definition) is 0. The van der Waals surface area contributed by atoms with Gasteiger partial charge in [0.25, 0.3) is 0 Å². The Bertz CT molecular complexity index is 622. The molecule has 3 aliphatic rings. The van der Waals surface area contributed by atoms with E-state index in [-0.39, 0.29) is 24.2 Å². The molecule has 0 aliphatic carbocycles. The first-order chi connectivity index (χ1) is 12.7. The molecule has 0 N–H and O–H groups in total. The molecule has 1 atom stereocenters. The number of fused-ring (bicyclic) bond motifs is 1. The fraction of sp³-hybridized carbons (Fsp3) is 0.650. The van der Waals surface area contributed by atoms with Gasteiger partial charge in [-0.2, -0.15) is 0 Å². The highest BCUT2D eigenvalue weighted by Crippen LogP contribution is 2.35. The van der Waals surface area contributed by atoms with E-state index < -0.39 is 0 Å². The Morgan fingerprint density at radius 3 is 2.88 bits per heavy atom. The lowest BCUT2D eigenvalue weighted by atomic mass is 9.93. The van der Waals surface area contributed by atoms with Crippen LogP contribution in [-0.4, -0.2) is 62.1 Å². The molecule has 3 aliphatic heterocycles. The maximum absolute atomic E-state index is 12.8. The zero-order valence-electron chi connectivity index (χ0n) is 15.2. The molecule has 0 saturated carbocycles. The fourth-order valence-corrected chi connectivity index (χ4v) is 3.93. The van der Waals surface area contributed by atoms with Crippen molar-refractivity contribution in [2.24, 2.45) is 0 Å². The highest BCUT2D eigenvalue weighted by Gasteiger charge is 2.40. The van der Waals surface area contributed by atoms with Crippen molar-refractivity contribution in [3.63, 3.8) is 0 Å². The Hall–Kier alpha value is -1.63. The Kier molecular flexibility index (Phi) is 5.43. The summed E-state index contributed by atoms with van der Waals surface area (Å²) in [7, 11) is 0. The van der Waals surface area contributed by atoms with Crippen molar-refractivity contribution >= 4 is 5.91 Å². The molecule has 1 aromatic rings. The first-order valence-electron chi connectivity index (χ1n) is 9.56. The van der Waals surface area contributed by atoms with Crippen molar-refractivity contribution in [1.82, 2.24) is 4.90 Å². The zero-order chi connectivity index (χ0) is 17.8. The molecule has 1 amide bonds. The lowest BCUT2D eigenvalue weighted by Crippen LogP contribution is -2.51. The van der Waals surface area contributed by atoms with Crippen molar-refractivity contribution in [1.29, 1.82) is 0 Å². The average molecular weight is 361 g/mol. The van der Waals surface area contributed by atoms with Crippen LogP contribution in [0.2, 0.25) is 0 Å². The third-order valence-corrected chi connectivity index (χ3v) is 5.45. The first kappa shape index (κ1) is 17.8. The van der Waals surface area contributed by atoms with Gasteiger partial charge in [0.15, 0.2) is 0 Å². The van der Waals surface area contributed by atoms with Crippen LogP contribution in [0.5, 0.6) is 5.75 Å². The van der Waals surface area contributed by atoms with Gasteiger partial charge in [0.2, 0.25) is 5.91 Å². The predicted octanol–water partition coefficient (Wildman–Crippen LogP) is 2.15. The number of amides is 1. The lowest BCUT2D eigenvalue weighted by Gasteiger charge is -2.38. The minimum absolute atomic E-state index is 0.00849. The molecule has 2 saturated heterocycles. The van der Waals surface area contributed by atoms with Gasteiger partial charge in [-0.15, -0.1) is 0 Å². The minimum atomic E-state index is -0.366. The summed E-state index contributed by atoms with van der Waals surface area (Å²) < 4.78 is 23.1. The van der Waals surface area contributed by atoms with Crippen molar-refractivity contribution in [3.05, 3.63) is 29.8 Å². The van der Waals surface area contributed by atoms with Gasteiger partial charge in [0, 0.05) is 31.6 Å². The number of ether oxygens (including phenoxy) is 4. The van der Waals surface area contributed by atoms with Gasteiger partial charge >= 0.3 is 0 Å². The van der Waals surface area contributed by atoms with Crippen LogP contribution < -0.4 is 4.74 Å². The molecule has 1 aromatic carbocycles. The summed E-state index contributed by atoms with van der Waals surface area (Å²) in [5.41, 5.74) is 0.679. The molecule has 6 heteroatoms. The molecule has 0 aromatic heterocycles. The van der Waals surface area contributed by atoms with E-state index in [0.717, 1.165) is 43.6 Å². The molecule has 26 heavy (non-hydrogen) atoms. The second kappa shape index (κ2) is 7.94. The summed E-state index contributed by atoms with van der Waals surface area (Å²) in [5.74, 6) is 0.888. The number of nitrogens with zero attached hydrogens (tertiary/aromatic N) is 1. The van der Waals surface area contributed by atoms with Crippen molar-refractivity contribution in [3.8, 4) is 5.75 Å². The van der Waals surface area contributed by atoms with Crippen LogP contribution in [0.15, 0.2) is 24.3 Å². The number of para-hydroxylation sites is 1. The third-order valence-electron chi connectivity index (χ3n) is 5.45. The van der Waals surface area contributed by atoms with E-state index in [2.05, 4.69) is 0 Å². The summed E-state index contributed by atoms with van der Waals surface area (Å²) in [4.78, 5) is 14.7. The Morgan fingerprint density at radius 2 is 2.08 bits per heavy atom. The number of hydrogen-bond acceptors (Lipinski definition) is 5. The minimum Gasteiger partial charge on any atom is -0.485 e. The number of rotatable bonds is 4. The molecule has 0 bridgehead atoms. The van der Waals surface area contributed by atoms with Crippen LogP contribution in [0, 0.1) is 0 Å². The molecule has 0 radical (unpaired) electrons. The molecule has 6 nitrogen and oxygen atoms in total. The lowest BCUT2D eigenvalue weighted by molar-refractivity contribution is -0.142. The number of carbonyl (C=O) groups is 1. The van der Waals surface area contributed by atoms with Crippen molar-refractivity contribution in [2.75, 3.05) is 39.6 Å². The fourth-order valence-electron chi connectivity index (χ4n) is 3.93. The van der Waals surface area contributed by atoms with E-state index in [0.29, 0.717) is 32.9 Å². The maximum atomic E-state index is 12.8. The van der Waals surface area contributed by atoms with Crippen LogP contribution in [0.25, 0.3) is 0 Å². The van der Waals surface area contributed by atoms with Gasteiger partial charge in [-0.05, 0) is 18.9 Å². The largest absolute Gasteiger partial charge is 0.485 e. The highest BCUT2D eigenvalue weighted by molar-refractivity contribution is 5.77. The van der Waals surface area contributed by atoms with Crippen LogP contribution >= 0.6 is 0 Å². The SMILES string of the molecule is O=C(COCC1CCCO1)N1Cc2ccccc2OC2(CCOCC2)C1. The number of benzene rings is 1. The van der Waals surface area contributed by atoms with Crippen LogP contribution in [0.4, 0.5) is 0 Å². The van der Waals surface area contributed by atoms with Gasteiger partial charge in [0.1, 0.15) is 18.0 Å². The van der Waals surface area contributed by atoms with Gasteiger partial charge in [0.05, 0.1) is 32.5 Å². The summed E-state index contributed by atoms with van der Waals surface area (Å²) in [6, 6.07) is 7.99. The topological polar surface area (TPSA) is 57.2 Å². The Balaban J connectivity index is 1.44. The molecule has 2 fully saturated rings. The van der Waals surface area contributed by atoms with Gasteiger partial charge in [-0.3, -0.25) is 4.79 Å². The second-order valence-electron chi connectivity index (χ2n) is 7.41. The molecule has 1 unspecified atom stereocenters. The standard InChI is InChI=1S/C20H27NO5/c22-19(14-24-13-17-5-3-9-25-17)21-12-16-4-1-2-6-18(16)26-20(15-21)7-10-23-11-8-20/h1-2,4,6,17H,3,5,7-15H2. The number of carbonyl (C=O) groups excluding carboxylic acids is 1. The van der Waals surface area contributed by atoms with E-state index in [1.165, 1.54) is 0 Å². The highest BCUT2D eigenvalue weighted by atomic mass is 16.5. The van der Waals surface area contributed by atoms with Crippen molar-refractivity contribution in [2.45, 2.75) is 43.9 Å². The van der Waals surface area contributed by atoms with Crippen LogP contribution in [0.1, 0.15) is 31.2 Å². The van der Waals surface area contributed by atoms with Crippen molar-refractivity contribution < 1.29 is 23.7 Å². The summed E-state index contributed by atoms with van der Waals surface area (Å²) >= 11 is 0. The monoisotopic (exact) mass is 361 g/mol. The van der Waals surface area contributed by atoms with E-state index in [1.54, 1.807) is 0 Å². The van der Waals surface area contributed by atoms with E-state index >= 15 is 0 Å². The molecule has 1 spiro atoms. The zero-order valence-corrected chi connectivity index (χ0v) is 15.2. The Labute approximate surface area is 154 Å². The first-order valence-corrected chi connectivity index (χ1v) is 9.56. The molecule has 3 heterocycles. The quantitative estimate of drug-likeness (QED) is 0.823. The summed E-state index contributed by atoms with van der Waals surface area (Å²) in [6.45, 7) is 3.85. The molecule has 142 valence electrons. The second-order valence-corrected chi connectivity index (χ2v) is 7.41. The van der Waals surface area contributed by atoms with Gasteiger partial charge in [-0.1, -0.05) is 18.2 Å². The summed E-state index contributed by atoms with van der Waals surface area (Å²) in [6.07, 6.45) is 3.82. The molecular formula is C20H27NO5. The third kappa shape index (κ3) is 4.03. The van der Waals surface area contributed by atoms with E-state index in [1.807, 2.05) is 29.2 Å². The normalized spacial score (nSPS) is 24.8. The smallest absolute Gasteiger partial charge is 0.249 e. The predicted molar refractivity (Wildman–Crippen MR) is 95.1 cm³/mol. The van der Waals surface area contributed by atoms with Crippen LogP contribution in [0.3, 0.4) is 0 Å². The Morgan fingerprint density at radius 1 is 1.23 bits per heavy atom. The van der Waals surface area contributed by atoms with E-state index in [9.17, 15) is 4.79 Å². The van der Waals surface area contributed by atoms with Crippen LogP contribution in [-0.2, 0) is 25.5 Å². The maximum Gasteiger partial charge on any atom is 0.249 e. The average Bonchev–Trinajstić information content (AvgIpc) is 3.11. The van der Waals surface area contributed by atoms with E-state index in [4.69, 9.17) is 18.9 Å². The molecular weight excluding hydrogens is 334 g/mol. The van der Waals surface area contributed by atoms with Gasteiger partial charge in [-0.25, -0.2) is 0 Å². The molecule has 4 rings (SSSR count). The van der Waals surface area contributed by atoms with Gasteiger partial charge < -0.3 is 23.8 Å².